The number of nitro benzene ring substituents is 1. The predicted molar refractivity (Wildman–Crippen MR) is 241 cm³/mol. The van der Waals surface area contributed by atoms with E-state index in [4.69, 9.17) is 9.47 Å². The molecule has 322 valence electrons. The molecule has 1 atom stereocenters. The number of aromatic nitrogens is 2. The first-order chi connectivity index (χ1) is 30.7. The number of ether oxygens (including phenoxy) is 2. The minimum absolute atomic E-state index is 0.0674. The number of sulfonamides is 1. The number of nitrogens with zero attached hydrogens (tertiary/aromatic N) is 4. The van der Waals surface area contributed by atoms with E-state index >= 15 is 0 Å². The molecule has 63 heavy (non-hydrogen) atoms. The van der Waals surface area contributed by atoms with Crippen LogP contribution in [0.2, 0.25) is 0 Å². The molecule has 2 aliphatic heterocycles. The molecule has 1 aliphatic carbocycles. The van der Waals surface area contributed by atoms with Gasteiger partial charge in [0.2, 0.25) is 5.95 Å². The average Bonchev–Trinajstić information content (AvgIpc) is 4.04. The second kappa shape index (κ2) is 18.2. The molecule has 9 rings (SSSR count). The van der Waals surface area contributed by atoms with E-state index in [0.29, 0.717) is 49.1 Å². The fraction of sp³-hybridized carbons (Fsp3) is 0.271. The number of amides is 1. The van der Waals surface area contributed by atoms with E-state index in [1.54, 1.807) is 48.8 Å². The van der Waals surface area contributed by atoms with Crippen LogP contribution in [0.3, 0.4) is 0 Å². The fourth-order valence-corrected chi connectivity index (χ4v) is 9.46. The summed E-state index contributed by atoms with van der Waals surface area (Å²) in [5, 5.41) is 18.3. The van der Waals surface area contributed by atoms with Crippen molar-refractivity contribution >= 4 is 44.6 Å². The van der Waals surface area contributed by atoms with Crippen LogP contribution in [0.4, 0.5) is 28.7 Å². The number of nitro groups is 1. The van der Waals surface area contributed by atoms with Crippen LogP contribution in [-0.2, 0) is 14.8 Å². The Kier molecular flexibility index (Phi) is 12.0. The lowest BCUT2D eigenvalue weighted by Crippen LogP contribution is -2.31. The molecule has 2 saturated heterocycles. The molecule has 0 unspecified atom stereocenters. The van der Waals surface area contributed by atoms with Crippen molar-refractivity contribution in [2.45, 2.75) is 55.4 Å². The van der Waals surface area contributed by atoms with Gasteiger partial charge in [0.15, 0.2) is 0 Å². The summed E-state index contributed by atoms with van der Waals surface area (Å²) in [6.07, 6.45) is 9.56. The van der Waals surface area contributed by atoms with E-state index in [1.165, 1.54) is 42.2 Å². The van der Waals surface area contributed by atoms with Crippen LogP contribution in [0.15, 0.2) is 133 Å². The number of rotatable bonds is 15. The molecule has 0 spiro atoms. The van der Waals surface area contributed by atoms with E-state index in [2.05, 4.69) is 66.6 Å². The van der Waals surface area contributed by atoms with Gasteiger partial charge in [-0.2, -0.15) is 0 Å². The summed E-state index contributed by atoms with van der Waals surface area (Å²) in [6, 6.07) is 34.7. The van der Waals surface area contributed by atoms with Crippen molar-refractivity contribution in [3.63, 3.8) is 0 Å². The van der Waals surface area contributed by atoms with E-state index in [0.717, 1.165) is 55.1 Å². The molecule has 3 heterocycles. The molecule has 3 N–H and O–H groups in total. The standard InChI is InChI=1S/C48H47N7O7S/c56-47(53-63(59,60)39-18-20-43(45(30-39)55(57)58)51-31-32-21-26-61-27-22-32)42-19-15-35(28-46(42)62-38-7-3-6-36(29-38)52-48-49-23-5-24-50-48)33-13-16-37(17-14-33)54-25-4-10-44(54)41-9-2-1-8-40(41)34-11-12-34/h1-3,5-9,13-20,23-24,28-30,32,34,44,51H,4,10-12,21-22,25-27,31H2,(H,53,56)(H,49,50,52)/t44-/m1/s1. The first kappa shape index (κ1) is 41.5. The topological polar surface area (TPSA) is 178 Å². The van der Waals surface area contributed by atoms with Gasteiger partial charge >= 0.3 is 0 Å². The van der Waals surface area contributed by atoms with Gasteiger partial charge in [0.1, 0.15) is 17.2 Å². The van der Waals surface area contributed by atoms with Gasteiger partial charge in [0, 0.05) is 62.2 Å². The van der Waals surface area contributed by atoms with Gasteiger partial charge in [0.05, 0.1) is 21.4 Å². The zero-order valence-corrected chi connectivity index (χ0v) is 35.3. The fourth-order valence-electron chi connectivity index (χ4n) is 8.48. The van der Waals surface area contributed by atoms with Gasteiger partial charge in [-0.1, -0.05) is 48.5 Å². The number of nitrogens with one attached hydrogen (secondary N) is 3. The Labute approximate surface area is 365 Å². The third-order valence-electron chi connectivity index (χ3n) is 11.9. The molecule has 5 aromatic carbocycles. The zero-order valence-electron chi connectivity index (χ0n) is 34.5. The van der Waals surface area contributed by atoms with Gasteiger partial charge in [-0.3, -0.25) is 14.9 Å². The van der Waals surface area contributed by atoms with Crippen molar-refractivity contribution in [3.8, 4) is 22.6 Å². The molecular weight excluding hydrogens is 819 g/mol. The number of benzene rings is 5. The van der Waals surface area contributed by atoms with E-state index in [9.17, 15) is 23.3 Å². The lowest BCUT2D eigenvalue weighted by molar-refractivity contribution is -0.384. The number of hydrogen-bond acceptors (Lipinski definition) is 12. The van der Waals surface area contributed by atoms with Gasteiger partial charge in [-0.15, -0.1) is 0 Å². The van der Waals surface area contributed by atoms with Crippen molar-refractivity contribution in [2.24, 2.45) is 5.92 Å². The van der Waals surface area contributed by atoms with Crippen LogP contribution >= 0.6 is 0 Å². The van der Waals surface area contributed by atoms with Crippen molar-refractivity contribution < 1.29 is 27.6 Å². The monoisotopic (exact) mass is 865 g/mol. The molecule has 3 aliphatic rings. The molecule has 1 aromatic heterocycles. The summed E-state index contributed by atoms with van der Waals surface area (Å²) in [4.78, 5) is 36.0. The number of hydrogen-bond donors (Lipinski definition) is 3. The summed E-state index contributed by atoms with van der Waals surface area (Å²) >= 11 is 0. The first-order valence-electron chi connectivity index (χ1n) is 21.3. The SMILES string of the molecule is O=C(NS(=O)(=O)c1ccc(NCC2CCOCC2)c([N+](=O)[O-])c1)c1ccc(-c2ccc(N3CCC[C@@H]3c3ccccc3C3CC3)cc2)cc1Oc1cccc(Nc2ncccn2)c1. The van der Waals surface area contributed by atoms with Crippen molar-refractivity contribution in [2.75, 3.05) is 41.8 Å². The maximum absolute atomic E-state index is 14.0. The molecule has 0 bridgehead atoms. The highest BCUT2D eigenvalue weighted by Crippen LogP contribution is 2.46. The van der Waals surface area contributed by atoms with Gasteiger partial charge in [-0.05, 0) is 127 Å². The number of carbonyl (C=O) groups excluding carboxylic acids is 1. The molecular formula is C48H47N7O7S. The third kappa shape index (κ3) is 9.64. The quantitative estimate of drug-likeness (QED) is 0.0659. The van der Waals surface area contributed by atoms with Gasteiger partial charge in [-0.25, -0.2) is 23.1 Å². The minimum Gasteiger partial charge on any atom is -0.456 e. The summed E-state index contributed by atoms with van der Waals surface area (Å²) in [7, 11) is -4.58. The van der Waals surface area contributed by atoms with Crippen molar-refractivity contribution in [3.05, 3.63) is 154 Å². The Bertz CT molecular complexity index is 2730. The predicted octanol–water partition coefficient (Wildman–Crippen LogP) is 9.76. The highest BCUT2D eigenvalue weighted by molar-refractivity contribution is 7.90. The number of carbonyl (C=O) groups is 1. The molecule has 6 aromatic rings. The second-order valence-corrected chi connectivity index (χ2v) is 17.8. The Morgan fingerprint density at radius 3 is 2.35 bits per heavy atom. The molecule has 3 fully saturated rings. The van der Waals surface area contributed by atoms with Crippen molar-refractivity contribution in [1.82, 2.24) is 14.7 Å². The summed E-state index contributed by atoms with van der Waals surface area (Å²) in [5.74, 6) is 0.768. The van der Waals surface area contributed by atoms with Crippen LogP contribution in [0.5, 0.6) is 11.5 Å². The summed E-state index contributed by atoms with van der Waals surface area (Å²) < 4.78 is 41.4. The van der Waals surface area contributed by atoms with Crippen LogP contribution in [0.1, 0.15) is 72.0 Å². The highest BCUT2D eigenvalue weighted by atomic mass is 32.2. The Morgan fingerprint density at radius 1 is 0.825 bits per heavy atom. The van der Waals surface area contributed by atoms with E-state index in [1.807, 2.05) is 18.2 Å². The Balaban J connectivity index is 0.987. The number of anilines is 4. The van der Waals surface area contributed by atoms with Crippen LogP contribution in [-0.4, -0.2) is 55.5 Å². The molecule has 1 amide bonds. The normalized spacial score (nSPS) is 16.6. The molecule has 15 heteroatoms. The van der Waals surface area contributed by atoms with Gasteiger partial charge < -0.3 is 25.0 Å². The zero-order chi connectivity index (χ0) is 43.3. The maximum atomic E-state index is 14.0. The largest absolute Gasteiger partial charge is 0.456 e. The first-order valence-corrected chi connectivity index (χ1v) is 22.8. The van der Waals surface area contributed by atoms with Crippen LogP contribution in [0, 0.1) is 16.0 Å². The smallest absolute Gasteiger partial charge is 0.293 e. The summed E-state index contributed by atoms with van der Waals surface area (Å²) in [5.41, 5.74) is 5.93. The van der Waals surface area contributed by atoms with Crippen LogP contribution < -0.4 is 25.0 Å². The van der Waals surface area contributed by atoms with E-state index < -0.39 is 31.4 Å². The molecule has 1 saturated carbocycles. The van der Waals surface area contributed by atoms with Crippen molar-refractivity contribution in [1.29, 1.82) is 0 Å². The Morgan fingerprint density at radius 2 is 1.59 bits per heavy atom. The lowest BCUT2D eigenvalue weighted by atomic mass is 9.95. The highest BCUT2D eigenvalue weighted by Gasteiger charge is 2.33. The minimum atomic E-state index is -4.58. The van der Waals surface area contributed by atoms with Gasteiger partial charge in [0.25, 0.3) is 21.6 Å². The molecule has 0 radical (unpaired) electrons. The second-order valence-electron chi connectivity index (χ2n) is 16.1. The maximum Gasteiger partial charge on any atom is 0.293 e. The third-order valence-corrected chi connectivity index (χ3v) is 13.2. The lowest BCUT2D eigenvalue weighted by Gasteiger charge is -2.29. The van der Waals surface area contributed by atoms with E-state index in [-0.39, 0.29) is 22.9 Å². The Hall–Kier alpha value is -6.84. The average molecular weight is 866 g/mol. The summed E-state index contributed by atoms with van der Waals surface area (Å²) in [6.45, 7) is 2.68. The van der Waals surface area contributed by atoms with Crippen LogP contribution in [0.25, 0.3) is 11.1 Å². The molecule has 14 nitrogen and oxygen atoms in total.